The largest absolute Gasteiger partial charge is 0.469 e. The summed E-state index contributed by atoms with van der Waals surface area (Å²) in [5.74, 6) is -0.939. The maximum Gasteiger partial charge on any atom is 0.469 e. The molecule has 8 nitrogen and oxygen atoms in total. The van der Waals surface area contributed by atoms with E-state index in [1.54, 1.807) is 0 Å². The van der Waals surface area contributed by atoms with Gasteiger partial charge in [0.2, 0.25) is 0 Å². The molecule has 1 atom stereocenters. The van der Waals surface area contributed by atoms with Gasteiger partial charge in [-0.1, -0.05) is 141 Å². The minimum absolute atomic E-state index is 0.205. The molecule has 0 spiro atoms. The molecule has 258 valence electrons. The Balaban J connectivity index is 4.02. The van der Waals surface area contributed by atoms with Crippen molar-refractivity contribution in [2.75, 3.05) is 13.2 Å². The third-order valence-electron chi connectivity index (χ3n) is 7.47. The number of hydrogen-bond donors (Lipinski definition) is 2. The third kappa shape index (κ3) is 33.4. The van der Waals surface area contributed by atoms with E-state index >= 15 is 0 Å². The fourth-order valence-electron chi connectivity index (χ4n) is 4.82. The highest BCUT2D eigenvalue weighted by Gasteiger charge is 2.22. The maximum atomic E-state index is 12.3. The smallest absolute Gasteiger partial charge is 0.462 e. The molecule has 0 rings (SSSR count). The highest BCUT2D eigenvalue weighted by atomic mass is 31.2. The molecular weight excluding hydrogens is 579 g/mol. The van der Waals surface area contributed by atoms with Crippen LogP contribution in [0.3, 0.4) is 0 Å². The van der Waals surface area contributed by atoms with Gasteiger partial charge in [-0.05, 0) is 38.5 Å². The van der Waals surface area contributed by atoms with E-state index in [-0.39, 0.29) is 19.4 Å². The van der Waals surface area contributed by atoms with Crippen molar-refractivity contribution in [1.82, 2.24) is 0 Å². The summed E-state index contributed by atoms with van der Waals surface area (Å²) in [4.78, 5) is 42.4. The van der Waals surface area contributed by atoms with Crippen LogP contribution in [0.5, 0.6) is 0 Å². The van der Waals surface area contributed by atoms with Crippen LogP contribution in [0.15, 0.2) is 24.3 Å². The highest BCUT2D eigenvalue weighted by molar-refractivity contribution is 7.46. The third-order valence-corrected chi connectivity index (χ3v) is 7.96. The lowest BCUT2D eigenvalue weighted by Crippen LogP contribution is -2.29. The normalized spacial score (nSPS) is 12.7. The molecule has 0 aromatic carbocycles. The molecule has 0 aromatic heterocycles. The first kappa shape index (κ1) is 42.5. The van der Waals surface area contributed by atoms with Gasteiger partial charge in [0.15, 0.2) is 6.10 Å². The van der Waals surface area contributed by atoms with Crippen LogP contribution in [0.25, 0.3) is 0 Å². The molecule has 0 fully saturated rings. The second-order valence-corrected chi connectivity index (χ2v) is 13.1. The van der Waals surface area contributed by atoms with E-state index < -0.39 is 32.5 Å². The van der Waals surface area contributed by atoms with Crippen molar-refractivity contribution in [3.05, 3.63) is 24.3 Å². The number of esters is 2. The topological polar surface area (TPSA) is 119 Å². The van der Waals surface area contributed by atoms with Crippen molar-refractivity contribution >= 4 is 19.8 Å². The standard InChI is InChI=1S/C35H65O8P/c1-3-5-7-9-11-13-14-15-16-17-18-19-20-22-23-25-27-29-34(36)41-31-33(32-42-44(38,39)40)43-35(37)30-28-26-24-21-12-10-8-6-4-2/h18-19,22-23,33H,3-17,20-21,24-32H2,1-2H3,(H2,38,39,40)/b19-18+,23-22+/t33-/m1/s1. The predicted molar refractivity (Wildman–Crippen MR) is 179 cm³/mol. The number of rotatable bonds is 32. The van der Waals surface area contributed by atoms with E-state index in [2.05, 4.69) is 42.7 Å². The Morgan fingerprint density at radius 1 is 0.591 bits per heavy atom. The first-order chi connectivity index (χ1) is 21.3. The van der Waals surface area contributed by atoms with Crippen molar-refractivity contribution in [3.63, 3.8) is 0 Å². The van der Waals surface area contributed by atoms with E-state index in [0.29, 0.717) is 12.8 Å². The van der Waals surface area contributed by atoms with Crippen LogP contribution in [0, 0.1) is 0 Å². The summed E-state index contributed by atoms with van der Waals surface area (Å²) in [5.41, 5.74) is 0. The molecule has 9 heteroatoms. The van der Waals surface area contributed by atoms with Crippen molar-refractivity contribution in [2.24, 2.45) is 0 Å². The van der Waals surface area contributed by atoms with E-state index in [0.717, 1.165) is 38.5 Å². The summed E-state index contributed by atoms with van der Waals surface area (Å²) in [6, 6.07) is 0. The summed E-state index contributed by atoms with van der Waals surface area (Å²) in [6.07, 6.45) is 33.5. The zero-order chi connectivity index (χ0) is 32.6. The van der Waals surface area contributed by atoms with Gasteiger partial charge in [0, 0.05) is 12.8 Å². The van der Waals surface area contributed by atoms with Gasteiger partial charge in [-0.3, -0.25) is 14.1 Å². The van der Waals surface area contributed by atoms with Crippen molar-refractivity contribution in [2.45, 2.75) is 174 Å². The van der Waals surface area contributed by atoms with Crippen LogP contribution in [0.2, 0.25) is 0 Å². The molecule has 0 aromatic rings. The number of allylic oxidation sites excluding steroid dienone is 4. The lowest BCUT2D eigenvalue weighted by molar-refractivity contribution is -0.161. The summed E-state index contributed by atoms with van der Waals surface area (Å²) in [6.45, 7) is 3.60. The minimum Gasteiger partial charge on any atom is -0.462 e. The van der Waals surface area contributed by atoms with Gasteiger partial charge >= 0.3 is 19.8 Å². The first-order valence-corrected chi connectivity index (χ1v) is 19.2. The Morgan fingerprint density at radius 2 is 1.05 bits per heavy atom. The summed E-state index contributed by atoms with van der Waals surface area (Å²) in [5, 5.41) is 0. The van der Waals surface area contributed by atoms with E-state index in [1.165, 1.54) is 89.9 Å². The SMILES string of the molecule is CCCCCCCCCCC/C=C/C/C=C/CCCC(=O)OC[C@H](COP(=O)(O)O)OC(=O)CCCCCCCCCCC. The minimum atomic E-state index is -4.75. The molecule has 0 saturated heterocycles. The molecule has 2 N–H and O–H groups in total. The number of unbranched alkanes of at least 4 members (excludes halogenated alkanes) is 18. The lowest BCUT2D eigenvalue weighted by Gasteiger charge is -2.18. The van der Waals surface area contributed by atoms with Crippen molar-refractivity contribution in [3.8, 4) is 0 Å². The van der Waals surface area contributed by atoms with Gasteiger partial charge < -0.3 is 19.3 Å². The van der Waals surface area contributed by atoms with Crippen molar-refractivity contribution in [1.29, 1.82) is 0 Å². The van der Waals surface area contributed by atoms with Crippen LogP contribution in [0.1, 0.15) is 168 Å². The second kappa shape index (κ2) is 31.5. The van der Waals surface area contributed by atoms with Gasteiger partial charge in [-0.25, -0.2) is 4.57 Å². The van der Waals surface area contributed by atoms with Gasteiger partial charge in [-0.15, -0.1) is 0 Å². The van der Waals surface area contributed by atoms with E-state index in [9.17, 15) is 14.2 Å². The Bertz CT molecular complexity index is 777. The molecule has 44 heavy (non-hydrogen) atoms. The van der Waals surface area contributed by atoms with E-state index in [1.807, 2.05) is 0 Å². The molecule has 0 unspecified atom stereocenters. The number of carbonyl (C=O) groups excluding carboxylic acids is 2. The summed E-state index contributed by atoms with van der Waals surface area (Å²) >= 11 is 0. The maximum absolute atomic E-state index is 12.3. The summed E-state index contributed by atoms with van der Waals surface area (Å²) in [7, 11) is -4.75. The van der Waals surface area contributed by atoms with Gasteiger partial charge in [0.05, 0.1) is 6.61 Å². The monoisotopic (exact) mass is 644 g/mol. The number of phosphoric acid groups is 1. The summed E-state index contributed by atoms with van der Waals surface area (Å²) < 4.78 is 26.1. The number of carbonyl (C=O) groups is 2. The molecule has 0 bridgehead atoms. The lowest BCUT2D eigenvalue weighted by atomic mass is 10.1. The van der Waals surface area contributed by atoms with Gasteiger partial charge in [0.25, 0.3) is 0 Å². The molecule has 0 saturated carbocycles. The molecular formula is C35H65O8P. The van der Waals surface area contributed by atoms with Gasteiger partial charge in [-0.2, -0.15) is 0 Å². The first-order valence-electron chi connectivity index (χ1n) is 17.6. The zero-order valence-corrected chi connectivity index (χ0v) is 29.0. The van der Waals surface area contributed by atoms with Crippen LogP contribution >= 0.6 is 7.82 Å². The average Bonchev–Trinajstić information content (AvgIpc) is 2.98. The molecule has 0 radical (unpaired) electrons. The van der Waals surface area contributed by atoms with E-state index in [4.69, 9.17) is 19.3 Å². The molecule has 0 aliphatic heterocycles. The Hall–Kier alpha value is -1.47. The molecule has 0 amide bonds. The Kier molecular flexibility index (Phi) is 30.5. The van der Waals surface area contributed by atoms with Crippen LogP contribution in [-0.2, 0) is 28.2 Å². The predicted octanol–water partition coefficient (Wildman–Crippen LogP) is 10.1. The number of ether oxygens (including phenoxy) is 2. The quantitative estimate of drug-likeness (QED) is 0.0321. The zero-order valence-electron chi connectivity index (χ0n) is 28.1. The van der Waals surface area contributed by atoms with Crippen LogP contribution in [0.4, 0.5) is 0 Å². The Labute approximate surface area is 269 Å². The van der Waals surface area contributed by atoms with Crippen molar-refractivity contribution < 1.29 is 37.9 Å². The number of phosphoric ester groups is 1. The fraction of sp³-hybridized carbons (Fsp3) is 0.829. The van der Waals surface area contributed by atoms with Crippen LogP contribution in [-0.4, -0.2) is 41.0 Å². The molecule has 0 heterocycles. The van der Waals surface area contributed by atoms with Crippen LogP contribution < -0.4 is 0 Å². The second-order valence-electron chi connectivity index (χ2n) is 11.8. The molecule has 0 aliphatic carbocycles. The fourth-order valence-corrected chi connectivity index (χ4v) is 5.18. The number of hydrogen-bond acceptors (Lipinski definition) is 6. The highest BCUT2D eigenvalue weighted by Crippen LogP contribution is 2.35. The average molecular weight is 645 g/mol. The van der Waals surface area contributed by atoms with Gasteiger partial charge in [0.1, 0.15) is 6.61 Å². The Morgan fingerprint density at radius 3 is 1.57 bits per heavy atom. The molecule has 0 aliphatic rings.